The van der Waals surface area contributed by atoms with Gasteiger partial charge in [0.1, 0.15) is 0 Å². The lowest BCUT2D eigenvalue weighted by atomic mass is 9.81. The van der Waals surface area contributed by atoms with Crippen LogP contribution in [-0.2, 0) is 10.2 Å². The second kappa shape index (κ2) is 13.9. The zero-order chi connectivity index (χ0) is 31.1. The maximum atomic E-state index is 13.9. The summed E-state index contributed by atoms with van der Waals surface area (Å²) in [6.45, 7) is 5.91. The van der Waals surface area contributed by atoms with Crippen molar-refractivity contribution in [1.82, 2.24) is 5.32 Å². The van der Waals surface area contributed by atoms with Gasteiger partial charge in [0.15, 0.2) is 17.7 Å². The highest BCUT2D eigenvalue weighted by molar-refractivity contribution is 6.06. The molecule has 3 N–H and O–H groups in total. The third-order valence-electron chi connectivity index (χ3n) is 8.37. The summed E-state index contributed by atoms with van der Waals surface area (Å²) in [5.74, 6) is -2.53. The summed E-state index contributed by atoms with van der Waals surface area (Å²) < 4.78 is 0. The van der Waals surface area contributed by atoms with Crippen molar-refractivity contribution in [1.29, 1.82) is 0 Å². The van der Waals surface area contributed by atoms with E-state index < -0.39 is 30.4 Å². The van der Waals surface area contributed by atoms with Crippen molar-refractivity contribution in [3.8, 4) is 0 Å². The average molecular weight is 584 g/mol. The number of hydrogen-bond donors (Lipinski definition) is 3. The molecule has 2 unspecified atom stereocenters. The highest BCUT2D eigenvalue weighted by Gasteiger charge is 2.27. The number of nitrogens with one attached hydrogen (secondary N) is 1. The lowest BCUT2D eigenvalue weighted by Gasteiger charge is -2.23. The Hall–Kier alpha value is -4.10. The zero-order valence-electron chi connectivity index (χ0n) is 25.1. The number of aliphatic hydroxyl groups excluding tert-OH is 1. The number of aliphatic carboxylic acids is 1. The van der Waals surface area contributed by atoms with Crippen LogP contribution in [0.2, 0.25) is 0 Å². The first-order chi connectivity index (χ1) is 20.4. The molecule has 1 aliphatic rings. The lowest BCUT2D eigenvalue weighted by molar-refractivity contribution is -0.146. The number of hydrogen-bond acceptors (Lipinski definition) is 5. The van der Waals surface area contributed by atoms with E-state index in [2.05, 4.69) is 38.2 Å². The molecular weight excluding hydrogens is 542 g/mol. The normalized spacial score (nSPS) is 15.3. The minimum absolute atomic E-state index is 0.00574. The summed E-state index contributed by atoms with van der Waals surface area (Å²) in [5.41, 5.74) is 4.25. The number of carbonyl (C=O) groups is 4. The minimum atomic E-state index is -1.71. The average Bonchev–Trinajstić information content (AvgIpc) is 3.02. The number of rotatable bonds is 11. The summed E-state index contributed by atoms with van der Waals surface area (Å²) in [6, 6.07) is 21.7. The Labute approximate surface area is 253 Å². The van der Waals surface area contributed by atoms with Crippen molar-refractivity contribution in [2.24, 2.45) is 0 Å². The van der Waals surface area contributed by atoms with Gasteiger partial charge in [0.25, 0.3) is 5.91 Å². The van der Waals surface area contributed by atoms with Gasteiger partial charge < -0.3 is 15.5 Å². The van der Waals surface area contributed by atoms with Crippen LogP contribution in [0.15, 0.2) is 72.8 Å². The zero-order valence-corrected chi connectivity index (χ0v) is 25.1. The second-order valence-electron chi connectivity index (χ2n) is 12.5. The summed E-state index contributed by atoms with van der Waals surface area (Å²) in [7, 11) is 0. The van der Waals surface area contributed by atoms with E-state index in [1.165, 1.54) is 61.9 Å². The van der Waals surface area contributed by atoms with E-state index in [1.54, 1.807) is 0 Å². The van der Waals surface area contributed by atoms with Gasteiger partial charge in [-0.1, -0.05) is 101 Å². The molecule has 0 spiro atoms. The topological polar surface area (TPSA) is 121 Å². The number of Topliss-reactive ketones (excluding diaryl/α,β-unsaturated/α-hetero) is 2. The van der Waals surface area contributed by atoms with Gasteiger partial charge in [-0.25, -0.2) is 4.79 Å². The number of ketones is 2. The van der Waals surface area contributed by atoms with Crippen LogP contribution in [0.4, 0.5) is 0 Å². The van der Waals surface area contributed by atoms with Gasteiger partial charge in [0, 0.05) is 23.1 Å². The molecule has 7 nitrogen and oxygen atoms in total. The fourth-order valence-corrected chi connectivity index (χ4v) is 5.62. The van der Waals surface area contributed by atoms with Crippen LogP contribution in [0.1, 0.15) is 119 Å². The van der Waals surface area contributed by atoms with Crippen molar-refractivity contribution < 1.29 is 29.4 Å². The van der Waals surface area contributed by atoms with E-state index >= 15 is 0 Å². The number of carboxylic acid groups (broad SMARTS) is 1. The summed E-state index contributed by atoms with van der Waals surface area (Å²) in [6.07, 6.45) is 4.35. The van der Waals surface area contributed by atoms with E-state index in [0.29, 0.717) is 17.0 Å². The van der Waals surface area contributed by atoms with E-state index in [4.69, 9.17) is 5.11 Å². The molecule has 1 fully saturated rings. The molecule has 0 heterocycles. The number of amides is 1. The molecule has 1 aliphatic carbocycles. The maximum Gasteiger partial charge on any atom is 0.334 e. The van der Waals surface area contributed by atoms with Gasteiger partial charge >= 0.3 is 5.97 Å². The number of carbonyl (C=O) groups excluding carboxylic acids is 3. The third kappa shape index (κ3) is 8.26. The third-order valence-corrected chi connectivity index (χ3v) is 8.37. The molecule has 0 bridgehead atoms. The molecule has 0 aromatic heterocycles. The van der Waals surface area contributed by atoms with E-state index in [-0.39, 0.29) is 29.0 Å². The molecule has 43 heavy (non-hydrogen) atoms. The van der Waals surface area contributed by atoms with Crippen molar-refractivity contribution in [2.75, 3.05) is 6.54 Å². The molecule has 0 radical (unpaired) electrons. The van der Waals surface area contributed by atoms with Crippen LogP contribution in [-0.4, -0.2) is 46.3 Å². The first-order valence-corrected chi connectivity index (χ1v) is 15.0. The fraction of sp³-hybridized carbons (Fsp3) is 0.389. The van der Waals surface area contributed by atoms with Crippen molar-refractivity contribution in [2.45, 2.75) is 82.7 Å². The molecule has 7 heteroatoms. The minimum Gasteiger partial charge on any atom is -0.479 e. The standard InChI is InChI=1S/C36H41NO6/c1-36(2,3)29-19-17-26(18-20-29)31(38)21-30(25-11-9-24(10-12-25)23-7-5-4-6-8-23)33(40)27-13-15-28(16-14-27)34(41)37-22-32(39)35(42)43/h9-20,23,30,32,39H,4-8,21-22H2,1-3H3,(H,37,41)(H,42,43). The molecular formula is C36H41NO6. The molecule has 3 aromatic rings. The summed E-state index contributed by atoms with van der Waals surface area (Å²) in [5, 5.41) is 20.6. The molecule has 4 rings (SSSR count). The van der Waals surface area contributed by atoms with Gasteiger partial charge in [-0.2, -0.15) is 0 Å². The fourth-order valence-electron chi connectivity index (χ4n) is 5.62. The molecule has 3 aromatic carbocycles. The predicted molar refractivity (Wildman–Crippen MR) is 166 cm³/mol. The van der Waals surface area contributed by atoms with Crippen LogP contribution in [0.25, 0.3) is 0 Å². The van der Waals surface area contributed by atoms with Crippen LogP contribution >= 0.6 is 0 Å². The Bertz CT molecular complexity index is 1430. The smallest absolute Gasteiger partial charge is 0.334 e. The number of carboxylic acids is 1. The van der Waals surface area contributed by atoms with Crippen LogP contribution in [0.3, 0.4) is 0 Å². The lowest BCUT2D eigenvalue weighted by Crippen LogP contribution is -2.36. The molecule has 1 amide bonds. The Morgan fingerprint density at radius 1 is 0.791 bits per heavy atom. The summed E-state index contributed by atoms with van der Waals surface area (Å²) in [4.78, 5) is 50.6. The first-order valence-electron chi connectivity index (χ1n) is 15.0. The van der Waals surface area contributed by atoms with Crippen molar-refractivity contribution in [3.63, 3.8) is 0 Å². The Balaban J connectivity index is 1.56. The molecule has 1 saturated carbocycles. The Morgan fingerprint density at radius 3 is 1.91 bits per heavy atom. The number of benzene rings is 3. The van der Waals surface area contributed by atoms with Crippen LogP contribution in [0.5, 0.6) is 0 Å². The summed E-state index contributed by atoms with van der Waals surface area (Å²) >= 11 is 0. The first kappa shape index (κ1) is 31.8. The van der Waals surface area contributed by atoms with Gasteiger partial charge in [0.05, 0.1) is 12.5 Å². The maximum absolute atomic E-state index is 13.9. The Kier molecular flexibility index (Phi) is 10.3. The highest BCUT2D eigenvalue weighted by atomic mass is 16.4. The molecule has 226 valence electrons. The quantitative estimate of drug-likeness (QED) is 0.223. The highest BCUT2D eigenvalue weighted by Crippen LogP contribution is 2.34. The van der Waals surface area contributed by atoms with Crippen molar-refractivity contribution in [3.05, 3.63) is 106 Å². The van der Waals surface area contributed by atoms with Crippen LogP contribution in [0, 0.1) is 0 Å². The molecule has 0 saturated heterocycles. The SMILES string of the molecule is CC(C)(C)c1ccc(C(=O)CC(C(=O)c2ccc(C(=O)NCC(O)C(=O)O)cc2)c2ccc(C3CCCCC3)cc2)cc1. The second-order valence-corrected chi connectivity index (χ2v) is 12.5. The van der Waals surface area contributed by atoms with Crippen LogP contribution < -0.4 is 5.32 Å². The van der Waals surface area contributed by atoms with Gasteiger partial charge in [-0.15, -0.1) is 0 Å². The van der Waals surface area contributed by atoms with Gasteiger partial charge in [-0.3, -0.25) is 14.4 Å². The van der Waals surface area contributed by atoms with E-state index in [1.807, 2.05) is 36.4 Å². The van der Waals surface area contributed by atoms with Crippen molar-refractivity contribution >= 4 is 23.4 Å². The number of aliphatic hydroxyl groups is 1. The molecule has 0 aliphatic heterocycles. The van der Waals surface area contributed by atoms with E-state index in [9.17, 15) is 24.3 Å². The Morgan fingerprint density at radius 2 is 1.35 bits per heavy atom. The monoisotopic (exact) mass is 583 g/mol. The van der Waals surface area contributed by atoms with Gasteiger partial charge in [0.2, 0.25) is 0 Å². The van der Waals surface area contributed by atoms with Gasteiger partial charge in [-0.05, 0) is 53.0 Å². The predicted octanol–water partition coefficient (Wildman–Crippen LogP) is 6.45. The van der Waals surface area contributed by atoms with E-state index in [0.717, 1.165) is 11.1 Å². The largest absolute Gasteiger partial charge is 0.479 e. The molecule has 2 atom stereocenters.